The minimum absolute atomic E-state index is 0.303. The number of aryl methyl sites for hydroxylation is 1. The van der Waals surface area contributed by atoms with E-state index in [0.717, 1.165) is 32.2 Å². The minimum atomic E-state index is -0.690. The van der Waals surface area contributed by atoms with E-state index < -0.39 is 5.97 Å². The Morgan fingerprint density at radius 3 is 2.71 bits per heavy atom. The van der Waals surface area contributed by atoms with Gasteiger partial charge < -0.3 is 5.11 Å². The van der Waals surface area contributed by atoms with Crippen LogP contribution in [0.2, 0.25) is 0 Å². The molecule has 0 bridgehead atoms. The van der Waals surface area contributed by atoms with Crippen molar-refractivity contribution in [1.82, 2.24) is 4.98 Å². The van der Waals surface area contributed by atoms with E-state index in [1.807, 2.05) is 18.7 Å². The Morgan fingerprint density at radius 1 is 1.29 bits per heavy atom. The predicted octanol–water partition coefficient (Wildman–Crippen LogP) is 1.34. The topological polar surface area (TPSA) is 57.0 Å². The molecule has 0 radical (unpaired) electrons. The average molecular weight is 197 g/mol. The molecule has 0 saturated heterocycles. The molecule has 4 nitrogen and oxygen atoms in total. The lowest BCUT2D eigenvalue weighted by molar-refractivity contribution is -0.696. The molecule has 78 valence electrons. The van der Waals surface area contributed by atoms with Crippen molar-refractivity contribution in [3.05, 3.63) is 18.7 Å². The van der Waals surface area contributed by atoms with Crippen molar-refractivity contribution in [2.45, 2.75) is 38.6 Å². The van der Waals surface area contributed by atoms with Crippen LogP contribution in [0.3, 0.4) is 0 Å². The molecule has 0 unspecified atom stereocenters. The summed E-state index contributed by atoms with van der Waals surface area (Å²) in [4.78, 5) is 13.2. The lowest BCUT2D eigenvalue weighted by atomic mass is 10.1. The number of hydrogen-bond acceptors (Lipinski definition) is 1. The van der Waals surface area contributed by atoms with Crippen LogP contribution in [0.15, 0.2) is 18.7 Å². The second kappa shape index (κ2) is 6.18. The van der Waals surface area contributed by atoms with Crippen LogP contribution in [-0.2, 0) is 11.3 Å². The van der Waals surface area contributed by atoms with Gasteiger partial charge in [-0.2, -0.15) is 0 Å². The number of aliphatic carboxylic acids is 1. The first-order valence-corrected chi connectivity index (χ1v) is 5.02. The zero-order chi connectivity index (χ0) is 10.2. The van der Waals surface area contributed by atoms with Crippen LogP contribution < -0.4 is 4.57 Å². The lowest BCUT2D eigenvalue weighted by Gasteiger charge is -1.97. The molecule has 1 heterocycles. The maximum absolute atomic E-state index is 10.2. The SMILES string of the molecule is O=C(O)CCCCCC[n+]1cc[nH]c1. The van der Waals surface area contributed by atoms with Crippen molar-refractivity contribution in [2.24, 2.45) is 0 Å². The van der Waals surface area contributed by atoms with Gasteiger partial charge in [0.15, 0.2) is 0 Å². The van der Waals surface area contributed by atoms with Crippen LogP contribution >= 0.6 is 0 Å². The third-order valence-corrected chi connectivity index (χ3v) is 2.16. The second-order valence-electron chi connectivity index (χ2n) is 3.41. The Hall–Kier alpha value is -1.32. The molecule has 1 aromatic heterocycles. The van der Waals surface area contributed by atoms with E-state index in [4.69, 9.17) is 5.11 Å². The van der Waals surface area contributed by atoms with Gasteiger partial charge in [-0.15, -0.1) is 0 Å². The Morgan fingerprint density at radius 2 is 2.07 bits per heavy atom. The number of aromatic amines is 1. The Bertz CT molecular complexity index is 257. The summed E-state index contributed by atoms with van der Waals surface area (Å²) in [5.41, 5.74) is 0. The van der Waals surface area contributed by atoms with Crippen LogP contribution in [0.4, 0.5) is 0 Å². The van der Waals surface area contributed by atoms with Gasteiger partial charge in [0, 0.05) is 6.42 Å². The second-order valence-corrected chi connectivity index (χ2v) is 3.41. The highest BCUT2D eigenvalue weighted by atomic mass is 16.4. The molecule has 0 aliphatic rings. The number of nitrogens with one attached hydrogen (secondary N) is 1. The monoisotopic (exact) mass is 197 g/mol. The lowest BCUT2D eigenvalue weighted by Crippen LogP contribution is -2.30. The van der Waals surface area contributed by atoms with Crippen LogP contribution in [0.25, 0.3) is 0 Å². The molecular formula is C10H17N2O2+. The van der Waals surface area contributed by atoms with Gasteiger partial charge in [-0.3, -0.25) is 9.78 Å². The summed E-state index contributed by atoms with van der Waals surface area (Å²) >= 11 is 0. The smallest absolute Gasteiger partial charge is 0.303 e. The molecule has 14 heavy (non-hydrogen) atoms. The van der Waals surface area contributed by atoms with Crippen molar-refractivity contribution >= 4 is 5.97 Å². The molecule has 0 aromatic carbocycles. The first kappa shape index (κ1) is 10.8. The van der Waals surface area contributed by atoms with E-state index in [2.05, 4.69) is 9.55 Å². The number of carbonyl (C=O) groups is 1. The first-order valence-electron chi connectivity index (χ1n) is 5.02. The predicted molar refractivity (Wildman–Crippen MR) is 51.7 cm³/mol. The fourth-order valence-corrected chi connectivity index (χ4v) is 1.38. The largest absolute Gasteiger partial charge is 0.481 e. The molecule has 0 atom stereocenters. The van der Waals surface area contributed by atoms with Crippen molar-refractivity contribution in [3.8, 4) is 0 Å². The van der Waals surface area contributed by atoms with E-state index >= 15 is 0 Å². The summed E-state index contributed by atoms with van der Waals surface area (Å²) in [7, 11) is 0. The molecular weight excluding hydrogens is 180 g/mol. The van der Waals surface area contributed by atoms with Gasteiger partial charge in [0.2, 0.25) is 6.33 Å². The molecule has 0 saturated carbocycles. The highest BCUT2D eigenvalue weighted by Gasteiger charge is 1.98. The number of H-pyrrole nitrogens is 1. The van der Waals surface area contributed by atoms with E-state index in [1.54, 1.807) is 0 Å². The van der Waals surface area contributed by atoms with Gasteiger partial charge in [-0.05, 0) is 19.3 Å². The molecule has 0 spiro atoms. The number of nitrogens with zero attached hydrogens (tertiary/aromatic N) is 1. The van der Waals surface area contributed by atoms with E-state index in [1.165, 1.54) is 0 Å². The van der Waals surface area contributed by atoms with Gasteiger partial charge in [-0.1, -0.05) is 6.42 Å². The minimum Gasteiger partial charge on any atom is -0.481 e. The zero-order valence-corrected chi connectivity index (χ0v) is 8.28. The van der Waals surface area contributed by atoms with E-state index in [0.29, 0.717) is 6.42 Å². The Labute approximate surface area is 83.6 Å². The number of imidazole rings is 1. The van der Waals surface area contributed by atoms with E-state index in [9.17, 15) is 4.79 Å². The number of rotatable bonds is 7. The maximum atomic E-state index is 10.2. The summed E-state index contributed by atoms with van der Waals surface area (Å²) in [6, 6.07) is 0. The van der Waals surface area contributed by atoms with Gasteiger partial charge in [0.25, 0.3) is 0 Å². The molecule has 4 heteroatoms. The van der Waals surface area contributed by atoms with Crippen molar-refractivity contribution in [2.75, 3.05) is 0 Å². The summed E-state index contributed by atoms with van der Waals surface area (Å²) in [5.74, 6) is -0.690. The summed E-state index contributed by atoms with van der Waals surface area (Å²) in [6.45, 7) is 1.01. The molecule has 0 fully saturated rings. The molecule has 1 rings (SSSR count). The Balaban J connectivity index is 1.92. The Kier molecular flexibility index (Phi) is 4.75. The molecule has 0 aliphatic carbocycles. The highest BCUT2D eigenvalue weighted by molar-refractivity contribution is 5.66. The van der Waals surface area contributed by atoms with Gasteiger partial charge >= 0.3 is 5.97 Å². The summed E-state index contributed by atoms with van der Waals surface area (Å²) in [5, 5.41) is 8.41. The summed E-state index contributed by atoms with van der Waals surface area (Å²) in [6.07, 6.45) is 10.1. The van der Waals surface area contributed by atoms with Gasteiger partial charge in [0.05, 0.1) is 6.54 Å². The number of hydrogen-bond donors (Lipinski definition) is 2. The molecule has 2 N–H and O–H groups in total. The van der Waals surface area contributed by atoms with Gasteiger partial charge in [-0.25, -0.2) is 4.57 Å². The number of aromatic nitrogens is 2. The number of carboxylic acid groups (broad SMARTS) is 1. The fourth-order valence-electron chi connectivity index (χ4n) is 1.38. The number of carboxylic acids is 1. The van der Waals surface area contributed by atoms with Crippen LogP contribution in [0.5, 0.6) is 0 Å². The normalized spacial score (nSPS) is 10.3. The quantitative estimate of drug-likeness (QED) is 0.512. The first-order chi connectivity index (χ1) is 6.79. The maximum Gasteiger partial charge on any atom is 0.303 e. The van der Waals surface area contributed by atoms with Crippen LogP contribution in [-0.4, -0.2) is 16.1 Å². The van der Waals surface area contributed by atoms with Crippen molar-refractivity contribution < 1.29 is 14.5 Å². The molecule has 0 amide bonds. The van der Waals surface area contributed by atoms with Crippen molar-refractivity contribution in [1.29, 1.82) is 0 Å². The molecule has 1 aromatic rings. The average Bonchev–Trinajstić information content (AvgIpc) is 2.63. The molecule has 0 aliphatic heterocycles. The third kappa shape index (κ3) is 4.64. The van der Waals surface area contributed by atoms with Gasteiger partial charge in [0.1, 0.15) is 12.4 Å². The number of unbranched alkanes of at least 4 members (excludes halogenated alkanes) is 3. The summed E-state index contributed by atoms with van der Waals surface area (Å²) < 4.78 is 2.09. The van der Waals surface area contributed by atoms with E-state index in [-0.39, 0.29) is 0 Å². The van der Waals surface area contributed by atoms with Crippen LogP contribution in [0, 0.1) is 0 Å². The zero-order valence-electron chi connectivity index (χ0n) is 8.28. The highest BCUT2D eigenvalue weighted by Crippen LogP contribution is 2.02. The van der Waals surface area contributed by atoms with Crippen molar-refractivity contribution in [3.63, 3.8) is 0 Å². The third-order valence-electron chi connectivity index (χ3n) is 2.16. The van der Waals surface area contributed by atoms with Crippen LogP contribution in [0.1, 0.15) is 32.1 Å². The fraction of sp³-hybridized carbons (Fsp3) is 0.600. The standard InChI is InChI=1S/C10H16N2O2/c13-10(14)5-3-1-2-4-7-12-8-6-11-9-12/h6,8-9H,1-5,7H2,(H,13,14)/p+1.